The predicted octanol–water partition coefficient (Wildman–Crippen LogP) is 6.55. The van der Waals surface area contributed by atoms with Crippen molar-refractivity contribution in [1.82, 2.24) is 40.2 Å². The lowest BCUT2D eigenvalue weighted by Crippen LogP contribution is -2.51. The number of benzene rings is 3. The molecule has 1 saturated carbocycles. The van der Waals surface area contributed by atoms with Crippen LogP contribution in [0.15, 0.2) is 61.1 Å². The summed E-state index contributed by atoms with van der Waals surface area (Å²) < 4.78 is 43.6. The number of fused-ring (bicyclic) bond motifs is 1. The van der Waals surface area contributed by atoms with Gasteiger partial charge in [0.25, 0.3) is 11.8 Å². The zero-order valence-corrected chi connectivity index (χ0v) is 36.2. The molecular formula is C46H48ClF3N10O5. The highest BCUT2D eigenvalue weighted by molar-refractivity contribution is 6.34. The molecule has 1 aliphatic carbocycles. The summed E-state index contributed by atoms with van der Waals surface area (Å²) in [6, 6.07) is 11.2. The van der Waals surface area contributed by atoms with Crippen LogP contribution in [0.25, 0.3) is 22.0 Å². The molecule has 65 heavy (non-hydrogen) atoms. The molecule has 2 aromatic heterocycles. The van der Waals surface area contributed by atoms with E-state index in [2.05, 4.69) is 20.4 Å². The minimum atomic E-state index is -1.79. The van der Waals surface area contributed by atoms with Crippen molar-refractivity contribution < 1.29 is 37.5 Å². The van der Waals surface area contributed by atoms with Gasteiger partial charge in [-0.25, -0.2) is 23.5 Å². The Labute approximate surface area is 377 Å². The van der Waals surface area contributed by atoms with E-state index in [0.29, 0.717) is 47.3 Å². The Bertz CT molecular complexity index is 2630. The molecular weight excluding hydrogens is 865 g/mol. The Morgan fingerprint density at radius 1 is 0.831 bits per heavy atom. The van der Waals surface area contributed by atoms with Crippen molar-refractivity contribution in [3.63, 3.8) is 0 Å². The third-order valence-corrected chi connectivity index (χ3v) is 13.5. The number of nitrogens with zero attached hydrogens (tertiary/aromatic N) is 8. The molecule has 0 atom stereocenters. The minimum Gasteiger partial charge on any atom is -0.503 e. The van der Waals surface area contributed by atoms with Crippen LogP contribution in [-0.2, 0) is 4.79 Å². The Morgan fingerprint density at radius 2 is 1.57 bits per heavy atom. The van der Waals surface area contributed by atoms with Crippen molar-refractivity contribution in [2.75, 3.05) is 68.7 Å². The number of halogens is 4. The second-order valence-corrected chi connectivity index (χ2v) is 17.8. The highest BCUT2D eigenvalue weighted by atomic mass is 35.5. The molecule has 3 aromatic carbocycles. The lowest BCUT2D eigenvalue weighted by molar-refractivity contribution is -0.120. The Balaban J connectivity index is 0.718. The van der Waals surface area contributed by atoms with Gasteiger partial charge in [-0.3, -0.25) is 34.2 Å². The summed E-state index contributed by atoms with van der Waals surface area (Å²) in [6.45, 7) is 5.84. The third kappa shape index (κ3) is 9.45. The number of piperazine rings is 1. The first-order valence-electron chi connectivity index (χ1n) is 22.0. The van der Waals surface area contributed by atoms with Gasteiger partial charge in [-0.2, -0.15) is 9.49 Å². The van der Waals surface area contributed by atoms with Crippen molar-refractivity contribution in [3.8, 4) is 16.9 Å². The number of amides is 5. The summed E-state index contributed by atoms with van der Waals surface area (Å²) in [5, 5.41) is 20.4. The predicted molar refractivity (Wildman–Crippen MR) is 236 cm³/mol. The number of aromatic hydroxyl groups is 1. The van der Waals surface area contributed by atoms with Crippen LogP contribution in [0.2, 0.25) is 5.02 Å². The summed E-state index contributed by atoms with van der Waals surface area (Å²) in [6.07, 6.45) is 11.1. The fourth-order valence-corrected chi connectivity index (χ4v) is 9.59. The number of anilines is 2. The summed E-state index contributed by atoms with van der Waals surface area (Å²) >= 11 is 6.40. The van der Waals surface area contributed by atoms with E-state index in [1.165, 1.54) is 4.90 Å². The van der Waals surface area contributed by atoms with Crippen LogP contribution < -0.4 is 20.4 Å². The fourth-order valence-electron chi connectivity index (χ4n) is 9.38. The number of carbonyl (C=O) groups excluding carboxylic acids is 4. The second kappa shape index (κ2) is 18.7. The molecule has 4 aliphatic rings. The maximum absolute atomic E-state index is 14.2. The number of hydrogen-bond acceptors (Lipinski definition) is 10. The molecule has 0 spiro atoms. The fraction of sp³-hybridized carbons (Fsp3) is 0.413. The Morgan fingerprint density at radius 3 is 2.29 bits per heavy atom. The van der Waals surface area contributed by atoms with Crippen molar-refractivity contribution in [2.45, 2.75) is 51.0 Å². The molecule has 3 saturated heterocycles. The van der Waals surface area contributed by atoms with Crippen LogP contribution in [0, 0.1) is 29.3 Å². The van der Waals surface area contributed by atoms with E-state index in [0.717, 1.165) is 93.3 Å². The van der Waals surface area contributed by atoms with E-state index in [4.69, 9.17) is 26.7 Å². The maximum atomic E-state index is 14.2. The molecule has 4 fully saturated rings. The summed E-state index contributed by atoms with van der Waals surface area (Å²) in [5.74, 6) is -6.27. The third-order valence-electron chi connectivity index (χ3n) is 13.2. The normalized spacial score (nSPS) is 20.0. The Kier molecular flexibility index (Phi) is 12.6. The molecule has 9 rings (SSSR count). The molecule has 0 unspecified atom stereocenters. The van der Waals surface area contributed by atoms with Gasteiger partial charge >= 0.3 is 6.03 Å². The van der Waals surface area contributed by atoms with E-state index in [-0.39, 0.29) is 43.3 Å². The molecule has 0 bridgehead atoms. The number of nitrogens with one attached hydrogen (secondary N) is 2. The number of phenols is 1. The standard InChI is InChI=1S/C46H48ClF3N10O5/c47-35-8-5-30(20-38(35)59-14-11-39(61)54-46(59)65)44(64)57-17-15-56(16-18-57)25-28-9-12-58(13-10-28)45-52-23-32(24-53-45)29-3-4-31-26-60(55-37(31)19-29)33-6-1-27(2-7-33)22-51-43(63)34-21-36(48)42(62)41(50)40(34)49/h3-5,8,19-21,23-24,26-28,33,62H,1-2,6-7,9-18,22,25H2,(H,51,63)(H,54,61,65). The number of aromatic nitrogens is 4. The molecule has 19 heteroatoms. The SMILES string of the molecule is O=C1CCN(c2cc(C(=O)N3CCN(CC4CCN(c5ncc(-c6ccc7cn(C8CCC(CNC(=O)c9cc(F)c(O)c(F)c9F)CC8)nc7c6)cn5)CC4)CC3)ccc2Cl)C(=O)N1. The molecule has 0 radical (unpaired) electrons. The zero-order chi connectivity index (χ0) is 45.4. The van der Waals surface area contributed by atoms with Crippen LogP contribution in [0.1, 0.15) is 71.7 Å². The molecule has 3 aliphatic heterocycles. The van der Waals surface area contributed by atoms with Crippen molar-refractivity contribution >= 4 is 57.9 Å². The van der Waals surface area contributed by atoms with Crippen LogP contribution in [0.4, 0.5) is 29.6 Å². The highest BCUT2D eigenvalue weighted by Crippen LogP contribution is 2.34. The van der Waals surface area contributed by atoms with Gasteiger partial charge in [-0.15, -0.1) is 0 Å². The average molecular weight is 913 g/mol. The second-order valence-electron chi connectivity index (χ2n) is 17.4. The molecule has 5 heterocycles. The van der Waals surface area contributed by atoms with Crippen molar-refractivity contribution in [3.05, 3.63) is 94.7 Å². The number of hydrogen-bond donors (Lipinski definition) is 3. The zero-order valence-electron chi connectivity index (χ0n) is 35.5. The van der Waals surface area contributed by atoms with Crippen LogP contribution in [0.5, 0.6) is 5.75 Å². The van der Waals surface area contributed by atoms with Gasteiger partial charge in [-0.1, -0.05) is 23.7 Å². The summed E-state index contributed by atoms with van der Waals surface area (Å²) in [5.41, 5.74) is 2.78. The summed E-state index contributed by atoms with van der Waals surface area (Å²) in [7, 11) is 0. The van der Waals surface area contributed by atoms with Gasteiger partial charge in [-0.05, 0) is 86.3 Å². The maximum Gasteiger partial charge on any atom is 0.328 e. The number of imide groups is 1. The van der Waals surface area contributed by atoms with Gasteiger partial charge in [0, 0.05) is 100 Å². The number of carbonyl (C=O) groups is 4. The van der Waals surface area contributed by atoms with Crippen LogP contribution in [0.3, 0.4) is 0 Å². The minimum absolute atomic E-state index is 0.108. The number of piperidine rings is 1. The van der Waals surface area contributed by atoms with E-state index >= 15 is 0 Å². The number of phenolic OH excluding ortho intramolecular Hbond substituents is 1. The van der Waals surface area contributed by atoms with Gasteiger partial charge in [0.1, 0.15) is 0 Å². The topological polar surface area (TPSA) is 169 Å². The number of urea groups is 1. The quantitative estimate of drug-likeness (QED) is 0.131. The molecule has 3 N–H and O–H groups in total. The number of rotatable bonds is 10. The van der Waals surface area contributed by atoms with Gasteiger partial charge in [0.2, 0.25) is 17.7 Å². The largest absolute Gasteiger partial charge is 0.503 e. The van der Waals surface area contributed by atoms with Gasteiger partial charge in [0.05, 0.1) is 27.8 Å². The van der Waals surface area contributed by atoms with E-state index in [1.807, 2.05) is 46.4 Å². The lowest BCUT2D eigenvalue weighted by Gasteiger charge is -2.39. The van der Waals surface area contributed by atoms with E-state index in [1.54, 1.807) is 18.2 Å². The smallest absolute Gasteiger partial charge is 0.328 e. The van der Waals surface area contributed by atoms with Crippen LogP contribution >= 0.6 is 11.6 Å². The highest BCUT2D eigenvalue weighted by Gasteiger charge is 2.31. The first-order chi connectivity index (χ1) is 31.4. The molecule has 15 nitrogen and oxygen atoms in total. The monoisotopic (exact) mass is 912 g/mol. The van der Waals surface area contributed by atoms with Crippen LogP contribution in [-0.4, -0.2) is 117 Å². The van der Waals surface area contributed by atoms with E-state index < -0.39 is 40.7 Å². The van der Waals surface area contributed by atoms with Crippen molar-refractivity contribution in [2.24, 2.45) is 11.8 Å². The molecule has 5 amide bonds. The Hall–Kier alpha value is -6.27. The average Bonchev–Trinajstić information content (AvgIpc) is 3.76. The van der Waals surface area contributed by atoms with Gasteiger partial charge < -0.3 is 20.2 Å². The first kappa shape index (κ1) is 44.0. The van der Waals surface area contributed by atoms with E-state index in [9.17, 15) is 37.5 Å². The molecule has 340 valence electrons. The molecule has 5 aromatic rings. The van der Waals surface area contributed by atoms with Crippen molar-refractivity contribution in [1.29, 1.82) is 0 Å². The van der Waals surface area contributed by atoms with Gasteiger partial charge in [0.15, 0.2) is 17.4 Å². The summed E-state index contributed by atoms with van der Waals surface area (Å²) in [4.78, 5) is 67.4. The first-order valence-corrected chi connectivity index (χ1v) is 22.4. The lowest BCUT2D eigenvalue weighted by atomic mass is 9.86.